The lowest BCUT2D eigenvalue weighted by Gasteiger charge is -2.37. The maximum absolute atomic E-state index is 13.2. The molecule has 0 bridgehead atoms. The van der Waals surface area contributed by atoms with E-state index in [0.29, 0.717) is 12.8 Å². The average molecular weight is 352 g/mol. The van der Waals surface area contributed by atoms with E-state index in [1.54, 1.807) is 17.0 Å². The van der Waals surface area contributed by atoms with Gasteiger partial charge in [0.05, 0.1) is 11.6 Å². The second kappa shape index (κ2) is 7.25. The molecule has 0 aliphatic heterocycles. The van der Waals surface area contributed by atoms with Crippen molar-refractivity contribution < 1.29 is 24.1 Å². The molecular weight excluding hydrogens is 335 g/mol. The van der Waals surface area contributed by atoms with Crippen LogP contribution in [-0.4, -0.2) is 45.5 Å². The molecule has 3 rings (SSSR count). The van der Waals surface area contributed by atoms with Crippen LogP contribution >= 0.6 is 11.3 Å². The Kier molecular flexibility index (Phi) is 5.08. The Morgan fingerprint density at radius 1 is 1.33 bits per heavy atom. The van der Waals surface area contributed by atoms with Gasteiger partial charge in [-0.2, -0.15) is 0 Å². The van der Waals surface area contributed by atoms with E-state index in [9.17, 15) is 19.4 Å². The third kappa shape index (κ3) is 3.72. The number of carbonyl (C=O) groups excluding carboxylic acids is 1. The summed E-state index contributed by atoms with van der Waals surface area (Å²) in [5, 5.41) is 24.8. The minimum Gasteiger partial charge on any atom is -0.488 e. The summed E-state index contributed by atoms with van der Waals surface area (Å²) in [6.45, 7) is 0. The van der Waals surface area contributed by atoms with Crippen LogP contribution in [0, 0.1) is 5.82 Å². The first kappa shape index (κ1) is 16.8. The zero-order chi connectivity index (χ0) is 17.1. The quantitative estimate of drug-likeness (QED) is 0.772. The number of rotatable bonds is 4. The van der Waals surface area contributed by atoms with Gasteiger partial charge in [0.1, 0.15) is 35.6 Å². The molecule has 0 saturated heterocycles. The predicted octanol–water partition coefficient (Wildman–Crippen LogP) is 1.34. The molecule has 6 nitrogen and oxygen atoms in total. The van der Waals surface area contributed by atoms with Crippen LogP contribution in [0.1, 0.15) is 23.3 Å². The minimum atomic E-state index is -1.19. The van der Waals surface area contributed by atoms with Crippen LogP contribution in [0.5, 0.6) is 5.75 Å². The maximum Gasteiger partial charge on any atom is 0.271 e. The molecule has 0 spiro atoms. The number of ether oxygens (including phenoxy) is 1. The first-order valence-electron chi connectivity index (χ1n) is 7.52. The van der Waals surface area contributed by atoms with E-state index in [1.807, 2.05) is 0 Å². The molecule has 24 heavy (non-hydrogen) atoms. The Labute approximate surface area is 141 Å². The second-order valence-electron chi connectivity index (χ2n) is 5.63. The van der Waals surface area contributed by atoms with Gasteiger partial charge >= 0.3 is 0 Å². The standard InChI is InChI=1S/C16H17FN2O4S/c17-9-2-1-3-10(6-9)23-13-5-4-11(14(20)15(13)21)19-16(22)12-7-24-8-18-12/h1-3,6-8,11,13-15,20-21H,4-5H2,(H,19,22)/t11-,13-,14-,15-/m1/s1. The van der Waals surface area contributed by atoms with Gasteiger partial charge in [-0.1, -0.05) is 6.07 Å². The number of carbonyl (C=O) groups is 1. The number of thiazole rings is 1. The van der Waals surface area contributed by atoms with Crippen LogP contribution in [-0.2, 0) is 0 Å². The number of aliphatic hydroxyl groups excluding tert-OH is 2. The molecule has 0 radical (unpaired) electrons. The SMILES string of the molecule is O=C(N[C@@H]1CC[C@@H](Oc2cccc(F)c2)[C@@H](O)[C@@H]1O)c1cscn1. The molecule has 1 aromatic heterocycles. The van der Waals surface area contributed by atoms with E-state index in [-0.39, 0.29) is 11.4 Å². The first-order valence-corrected chi connectivity index (χ1v) is 8.46. The number of aromatic nitrogens is 1. The van der Waals surface area contributed by atoms with Gasteiger partial charge in [0.2, 0.25) is 0 Å². The highest BCUT2D eigenvalue weighted by Gasteiger charge is 2.39. The van der Waals surface area contributed by atoms with Crippen molar-refractivity contribution in [2.24, 2.45) is 0 Å². The summed E-state index contributed by atoms with van der Waals surface area (Å²) in [7, 11) is 0. The third-order valence-corrected chi connectivity index (χ3v) is 4.56. The highest BCUT2D eigenvalue weighted by Crippen LogP contribution is 2.25. The van der Waals surface area contributed by atoms with Crippen molar-refractivity contribution in [3.8, 4) is 5.75 Å². The number of hydrogen-bond donors (Lipinski definition) is 3. The molecule has 2 aromatic rings. The number of benzene rings is 1. The maximum atomic E-state index is 13.2. The third-order valence-electron chi connectivity index (χ3n) is 3.97. The van der Waals surface area contributed by atoms with Crippen LogP contribution in [0.15, 0.2) is 35.2 Å². The summed E-state index contributed by atoms with van der Waals surface area (Å²) in [6, 6.07) is 5.01. The summed E-state index contributed by atoms with van der Waals surface area (Å²) in [5.41, 5.74) is 1.82. The number of nitrogens with one attached hydrogen (secondary N) is 1. The first-order chi connectivity index (χ1) is 11.5. The lowest BCUT2D eigenvalue weighted by molar-refractivity contribution is -0.0874. The molecule has 1 fully saturated rings. The van der Waals surface area contributed by atoms with Crippen molar-refractivity contribution in [1.82, 2.24) is 10.3 Å². The van der Waals surface area contributed by atoms with Gasteiger partial charge in [-0.15, -0.1) is 11.3 Å². The Morgan fingerprint density at radius 2 is 2.17 bits per heavy atom. The fourth-order valence-electron chi connectivity index (χ4n) is 2.71. The lowest BCUT2D eigenvalue weighted by Crippen LogP contribution is -2.57. The number of hydrogen-bond acceptors (Lipinski definition) is 6. The van der Waals surface area contributed by atoms with Gasteiger partial charge in [-0.05, 0) is 25.0 Å². The van der Waals surface area contributed by atoms with Crippen molar-refractivity contribution >= 4 is 17.2 Å². The zero-order valence-corrected chi connectivity index (χ0v) is 13.4. The lowest BCUT2D eigenvalue weighted by atomic mass is 9.87. The number of halogens is 1. The van der Waals surface area contributed by atoms with E-state index in [1.165, 1.54) is 29.5 Å². The fraction of sp³-hybridized carbons (Fsp3) is 0.375. The van der Waals surface area contributed by atoms with Crippen LogP contribution < -0.4 is 10.1 Å². The molecule has 1 amide bonds. The van der Waals surface area contributed by atoms with E-state index in [0.717, 1.165) is 0 Å². The van der Waals surface area contributed by atoms with Crippen molar-refractivity contribution in [2.45, 2.75) is 37.2 Å². The van der Waals surface area contributed by atoms with Gasteiger partial charge in [0.15, 0.2) is 0 Å². The molecule has 1 aliphatic carbocycles. The highest BCUT2D eigenvalue weighted by molar-refractivity contribution is 7.07. The summed E-state index contributed by atoms with van der Waals surface area (Å²) < 4.78 is 18.8. The topological polar surface area (TPSA) is 91.7 Å². The minimum absolute atomic E-state index is 0.278. The Morgan fingerprint density at radius 3 is 2.88 bits per heavy atom. The van der Waals surface area contributed by atoms with Crippen LogP contribution in [0.2, 0.25) is 0 Å². The molecule has 1 heterocycles. The molecule has 1 aliphatic rings. The molecule has 3 N–H and O–H groups in total. The number of nitrogens with zero attached hydrogens (tertiary/aromatic N) is 1. The zero-order valence-electron chi connectivity index (χ0n) is 12.6. The summed E-state index contributed by atoms with van der Waals surface area (Å²) >= 11 is 1.30. The van der Waals surface area contributed by atoms with Crippen molar-refractivity contribution in [3.63, 3.8) is 0 Å². The molecular formula is C16H17FN2O4S. The molecule has 8 heteroatoms. The smallest absolute Gasteiger partial charge is 0.271 e. The molecule has 1 aromatic carbocycles. The van der Waals surface area contributed by atoms with Gasteiger partial charge in [-0.3, -0.25) is 4.79 Å². The summed E-state index contributed by atoms with van der Waals surface area (Å²) in [4.78, 5) is 15.9. The van der Waals surface area contributed by atoms with Crippen molar-refractivity contribution in [3.05, 3.63) is 46.7 Å². The highest BCUT2D eigenvalue weighted by atomic mass is 32.1. The number of amides is 1. The van der Waals surface area contributed by atoms with E-state index in [4.69, 9.17) is 4.74 Å². The fourth-order valence-corrected chi connectivity index (χ4v) is 3.24. The van der Waals surface area contributed by atoms with Crippen LogP contribution in [0.4, 0.5) is 4.39 Å². The van der Waals surface area contributed by atoms with Gasteiger partial charge in [0.25, 0.3) is 5.91 Å². The van der Waals surface area contributed by atoms with Crippen molar-refractivity contribution in [2.75, 3.05) is 0 Å². The molecule has 1 saturated carbocycles. The largest absolute Gasteiger partial charge is 0.488 e. The van der Waals surface area contributed by atoms with E-state index < -0.39 is 36.1 Å². The van der Waals surface area contributed by atoms with Crippen molar-refractivity contribution in [1.29, 1.82) is 0 Å². The Bertz CT molecular complexity index is 697. The summed E-state index contributed by atoms with van der Waals surface area (Å²) in [6.07, 6.45) is -2.21. The Balaban J connectivity index is 1.61. The van der Waals surface area contributed by atoms with Crippen LogP contribution in [0.3, 0.4) is 0 Å². The summed E-state index contributed by atoms with van der Waals surface area (Å²) in [5.74, 6) is -0.542. The molecule has 0 unspecified atom stereocenters. The average Bonchev–Trinajstić information content (AvgIpc) is 3.09. The number of aliphatic hydroxyl groups is 2. The predicted molar refractivity (Wildman–Crippen MR) is 85.4 cm³/mol. The Hall–Kier alpha value is -2.03. The van der Waals surface area contributed by atoms with Gasteiger partial charge < -0.3 is 20.3 Å². The molecule has 4 atom stereocenters. The van der Waals surface area contributed by atoms with E-state index >= 15 is 0 Å². The monoisotopic (exact) mass is 352 g/mol. The van der Waals surface area contributed by atoms with Crippen LogP contribution in [0.25, 0.3) is 0 Å². The normalized spacial score (nSPS) is 26.8. The molecule has 128 valence electrons. The second-order valence-corrected chi connectivity index (χ2v) is 6.34. The van der Waals surface area contributed by atoms with E-state index in [2.05, 4.69) is 10.3 Å². The van der Waals surface area contributed by atoms with Gasteiger partial charge in [0, 0.05) is 11.4 Å². The van der Waals surface area contributed by atoms with Gasteiger partial charge in [-0.25, -0.2) is 9.37 Å².